The SMILES string of the molecule is CNC(=S)NC1=C(n2ccccc2=O)c2c(ccc(C#N)c2C)OC1(C)C. The zero-order valence-electron chi connectivity index (χ0n) is 15.6. The van der Waals surface area contributed by atoms with E-state index >= 15 is 0 Å². The van der Waals surface area contributed by atoms with Crippen molar-refractivity contribution in [2.75, 3.05) is 7.05 Å². The van der Waals surface area contributed by atoms with E-state index in [1.54, 1.807) is 42.1 Å². The molecule has 3 rings (SSSR count). The minimum Gasteiger partial charge on any atom is -0.481 e. The zero-order valence-corrected chi connectivity index (χ0v) is 16.4. The number of ether oxygens (including phenoxy) is 1. The van der Waals surface area contributed by atoms with Gasteiger partial charge in [-0.25, -0.2) is 0 Å². The van der Waals surface area contributed by atoms with Crippen LogP contribution in [0.2, 0.25) is 0 Å². The van der Waals surface area contributed by atoms with Crippen LogP contribution < -0.4 is 20.9 Å². The van der Waals surface area contributed by atoms with E-state index in [4.69, 9.17) is 17.0 Å². The number of nitriles is 1. The molecule has 1 aliphatic rings. The van der Waals surface area contributed by atoms with E-state index in [1.165, 1.54) is 6.07 Å². The summed E-state index contributed by atoms with van der Waals surface area (Å²) in [5.41, 5.74) is 2.26. The monoisotopic (exact) mass is 380 g/mol. The van der Waals surface area contributed by atoms with Crippen molar-refractivity contribution in [1.82, 2.24) is 15.2 Å². The molecule has 1 aromatic carbocycles. The molecule has 1 aromatic heterocycles. The van der Waals surface area contributed by atoms with Gasteiger partial charge >= 0.3 is 0 Å². The lowest BCUT2D eigenvalue weighted by atomic mass is 9.90. The van der Waals surface area contributed by atoms with E-state index in [0.29, 0.717) is 33.4 Å². The Morgan fingerprint density at radius 1 is 1.30 bits per heavy atom. The van der Waals surface area contributed by atoms with Crippen LogP contribution in [0, 0.1) is 18.3 Å². The molecule has 0 atom stereocenters. The topological polar surface area (TPSA) is 79.1 Å². The highest BCUT2D eigenvalue weighted by Gasteiger charge is 2.38. The standard InChI is InChI=1S/C20H20N4O2S/c1-12-13(11-21)8-9-14-16(12)17(24-10-6-5-7-15(24)25)18(20(2,3)26-14)23-19(27)22-4/h5-10H,1-4H3,(H2,22,23,27). The van der Waals surface area contributed by atoms with Gasteiger partial charge in [-0.05, 0) is 56.8 Å². The molecule has 7 heteroatoms. The number of thiocarbonyl (C=S) groups is 1. The first kappa shape index (κ1) is 18.7. The van der Waals surface area contributed by atoms with Crippen molar-refractivity contribution in [3.8, 4) is 11.8 Å². The van der Waals surface area contributed by atoms with Crippen LogP contribution in [-0.4, -0.2) is 22.3 Å². The summed E-state index contributed by atoms with van der Waals surface area (Å²) >= 11 is 5.30. The first-order valence-corrected chi connectivity index (χ1v) is 8.85. The average Bonchev–Trinajstić information content (AvgIpc) is 2.63. The fourth-order valence-corrected chi connectivity index (χ4v) is 3.26. The molecule has 0 fully saturated rings. The predicted molar refractivity (Wildman–Crippen MR) is 108 cm³/mol. The van der Waals surface area contributed by atoms with E-state index in [9.17, 15) is 10.1 Å². The van der Waals surface area contributed by atoms with Crippen molar-refractivity contribution >= 4 is 23.0 Å². The first-order chi connectivity index (χ1) is 12.8. The molecular formula is C20H20N4O2S. The molecule has 0 amide bonds. The van der Waals surface area contributed by atoms with Crippen LogP contribution in [0.4, 0.5) is 0 Å². The van der Waals surface area contributed by atoms with Crippen molar-refractivity contribution in [2.45, 2.75) is 26.4 Å². The maximum Gasteiger partial charge on any atom is 0.255 e. The molecule has 0 aliphatic carbocycles. The molecule has 0 radical (unpaired) electrons. The number of aromatic nitrogens is 1. The van der Waals surface area contributed by atoms with Crippen LogP contribution in [-0.2, 0) is 0 Å². The van der Waals surface area contributed by atoms with Crippen molar-refractivity contribution in [3.05, 3.63) is 69.3 Å². The van der Waals surface area contributed by atoms with Crippen LogP contribution in [0.15, 0.2) is 47.0 Å². The Balaban J connectivity index is 2.45. The third-order valence-electron chi connectivity index (χ3n) is 4.52. The number of hydrogen-bond donors (Lipinski definition) is 2. The Hall–Kier alpha value is -3.11. The molecule has 2 heterocycles. The van der Waals surface area contributed by atoms with Crippen LogP contribution in [0.3, 0.4) is 0 Å². The summed E-state index contributed by atoms with van der Waals surface area (Å²) in [5, 5.41) is 15.9. The van der Waals surface area contributed by atoms with Gasteiger partial charge in [0.2, 0.25) is 0 Å². The second-order valence-corrected chi connectivity index (χ2v) is 7.08. The second-order valence-electron chi connectivity index (χ2n) is 6.67. The highest BCUT2D eigenvalue weighted by Crippen LogP contribution is 2.42. The third-order valence-corrected chi connectivity index (χ3v) is 4.82. The molecule has 1 aliphatic heterocycles. The van der Waals surface area contributed by atoms with Crippen LogP contribution in [0.5, 0.6) is 5.75 Å². The normalized spacial score (nSPS) is 14.6. The molecule has 27 heavy (non-hydrogen) atoms. The Kier molecular flexibility index (Phi) is 4.77. The van der Waals surface area contributed by atoms with E-state index in [0.717, 1.165) is 5.56 Å². The molecule has 0 saturated heterocycles. The quantitative estimate of drug-likeness (QED) is 0.780. The molecule has 2 N–H and O–H groups in total. The molecule has 0 bridgehead atoms. The van der Waals surface area contributed by atoms with Crippen molar-refractivity contribution in [1.29, 1.82) is 5.26 Å². The number of pyridine rings is 1. The lowest BCUT2D eigenvalue weighted by Crippen LogP contribution is -2.47. The minimum atomic E-state index is -0.779. The van der Waals surface area contributed by atoms with E-state index in [-0.39, 0.29) is 5.56 Å². The Labute approximate surface area is 163 Å². The minimum absolute atomic E-state index is 0.187. The fourth-order valence-electron chi connectivity index (χ4n) is 3.16. The largest absolute Gasteiger partial charge is 0.481 e. The Morgan fingerprint density at radius 3 is 2.67 bits per heavy atom. The highest BCUT2D eigenvalue weighted by molar-refractivity contribution is 7.80. The lowest BCUT2D eigenvalue weighted by molar-refractivity contribution is 0.138. The highest BCUT2D eigenvalue weighted by atomic mass is 32.1. The summed E-state index contributed by atoms with van der Waals surface area (Å²) in [5.74, 6) is 0.614. The number of hydrogen-bond acceptors (Lipinski definition) is 4. The first-order valence-electron chi connectivity index (χ1n) is 8.44. The third kappa shape index (κ3) is 3.20. The van der Waals surface area contributed by atoms with E-state index in [2.05, 4.69) is 16.7 Å². The number of fused-ring (bicyclic) bond motifs is 1. The van der Waals surface area contributed by atoms with Gasteiger partial charge in [0.25, 0.3) is 5.56 Å². The maximum absolute atomic E-state index is 12.7. The molecule has 0 unspecified atom stereocenters. The number of nitrogens with one attached hydrogen (secondary N) is 2. The summed E-state index contributed by atoms with van der Waals surface area (Å²) in [6.45, 7) is 5.65. The van der Waals surface area contributed by atoms with Gasteiger partial charge in [-0.15, -0.1) is 0 Å². The average molecular weight is 380 g/mol. The molecular weight excluding hydrogens is 360 g/mol. The number of nitrogens with zero attached hydrogens (tertiary/aromatic N) is 2. The van der Waals surface area contributed by atoms with Crippen LogP contribution in [0.25, 0.3) is 5.70 Å². The number of benzene rings is 1. The van der Waals surface area contributed by atoms with Gasteiger partial charge in [-0.3, -0.25) is 9.36 Å². The predicted octanol–water partition coefficient (Wildman–Crippen LogP) is 2.51. The summed E-state index contributed by atoms with van der Waals surface area (Å²) in [7, 11) is 1.72. The smallest absolute Gasteiger partial charge is 0.255 e. The van der Waals surface area contributed by atoms with E-state index in [1.807, 2.05) is 20.8 Å². The van der Waals surface area contributed by atoms with Crippen molar-refractivity contribution in [3.63, 3.8) is 0 Å². The summed E-state index contributed by atoms with van der Waals surface area (Å²) in [4.78, 5) is 12.7. The molecule has 2 aromatic rings. The van der Waals surface area contributed by atoms with Gasteiger partial charge in [-0.2, -0.15) is 5.26 Å². The summed E-state index contributed by atoms with van der Waals surface area (Å²) < 4.78 is 7.77. The molecule has 6 nitrogen and oxygen atoms in total. The second kappa shape index (κ2) is 6.89. The van der Waals surface area contributed by atoms with Crippen molar-refractivity contribution < 1.29 is 4.74 Å². The molecule has 0 spiro atoms. The Morgan fingerprint density at radius 2 is 2.04 bits per heavy atom. The van der Waals surface area contributed by atoms with Crippen LogP contribution >= 0.6 is 12.2 Å². The van der Waals surface area contributed by atoms with Gasteiger partial charge in [0.1, 0.15) is 11.4 Å². The van der Waals surface area contributed by atoms with Gasteiger partial charge in [0, 0.05) is 24.9 Å². The zero-order chi connectivity index (χ0) is 19.8. The van der Waals surface area contributed by atoms with Gasteiger partial charge in [0.15, 0.2) is 5.11 Å². The van der Waals surface area contributed by atoms with Gasteiger partial charge in [-0.1, -0.05) is 6.07 Å². The van der Waals surface area contributed by atoms with Gasteiger partial charge < -0.3 is 15.4 Å². The number of rotatable bonds is 2. The van der Waals surface area contributed by atoms with Gasteiger partial charge in [0.05, 0.1) is 23.0 Å². The summed E-state index contributed by atoms with van der Waals surface area (Å²) in [6.07, 6.45) is 1.70. The molecule has 138 valence electrons. The fraction of sp³-hybridized carbons (Fsp3) is 0.250. The lowest BCUT2D eigenvalue weighted by Gasteiger charge is -2.38. The Bertz CT molecular complexity index is 1060. The maximum atomic E-state index is 12.7. The van der Waals surface area contributed by atoms with E-state index < -0.39 is 5.60 Å². The van der Waals surface area contributed by atoms with Crippen molar-refractivity contribution in [2.24, 2.45) is 0 Å². The molecule has 0 saturated carbocycles. The summed E-state index contributed by atoms with van der Waals surface area (Å²) in [6, 6.07) is 10.7. The van der Waals surface area contributed by atoms with Crippen LogP contribution in [0.1, 0.15) is 30.5 Å².